The van der Waals surface area contributed by atoms with E-state index in [4.69, 9.17) is 4.42 Å². The lowest BCUT2D eigenvalue weighted by atomic mass is 10.1. The van der Waals surface area contributed by atoms with Crippen molar-refractivity contribution in [3.8, 4) is 17.4 Å². The van der Waals surface area contributed by atoms with Gasteiger partial charge in [-0.05, 0) is 48.5 Å². The number of rotatable bonds is 5. The lowest BCUT2D eigenvalue weighted by Crippen LogP contribution is -2.03. The predicted octanol–water partition coefficient (Wildman–Crippen LogP) is 4.33. The van der Waals surface area contributed by atoms with Crippen LogP contribution in [0.25, 0.3) is 17.4 Å². The Balaban J connectivity index is 1.93. The third-order valence-electron chi connectivity index (χ3n) is 3.79. The van der Waals surface area contributed by atoms with Crippen molar-refractivity contribution in [2.24, 2.45) is 0 Å². The Morgan fingerprint density at radius 2 is 1.71 bits per heavy atom. The summed E-state index contributed by atoms with van der Waals surface area (Å²) in [5.41, 5.74) is 0.470. The van der Waals surface area contributed by atoms with Gasteiger partial charge in [-0.15, -0.1) is 0 Å². The van der Waals surface area contributed by atoms with Crippen molar-refractivity contribution in [1.82, 2.24) is 0 Å². The second kappa shape index (κ2) is 7.46. The number of furan rings is 1. The smallest absolute Gasteiger partial charge is 0.269 e. The molecular formula is C19H11FN2O5S. The van der Waals surface area contributed by atoms with E-state index in [0.29, 0.717) is 11.3 Å². The molecule has 2 aromatic carbocycles. The van der Waals surface area contributed by atoms with E-state index >= 15 is 0 Å². The van der Waals surface area contributed by atoms with Gasteiger partial charge in [-0.3, -0.25) is 10.1 Å². The van der Waals surface area contributed by atoms with Crippen molar-refractivity contribution in [3.63, 3.8) is 0 Å². The second-order valence-electron chi connectivity index (χ2n) is 5.58. The van der Waals surface area contributed by atoms with E-state index in [0.717, 1.165) is 30.3 Å². The summed E-state index contributed by atoms with van der Waals surface area (Å²) in [6.45, 7) is 0. The number of nitro groups is 1. The molecule has 0 fully saturated rings. The first-order valence-electron chi connectivity index (χ1n) is 7.78. The maximum atomic E-state index is 13.0. The molecular weight excluding hydrogens is 387 g/mol. The highest BCUT2D eigenvalue weighted by Crippen LogP contribution is 2.27. The van der Waals surface area contributed by atoms with E-state index in [1.165, 1.54) is 30.3 Å². The quantitative estimate of drug-likeness (QED) is 0.273. The second-order valence-corrected chi connectivity index (χ2v) is 7.50. The number of nitro benzene ring substituents is 1. The first-order chi connectivity index (χ1) is 13.3. The summed E-state index contributed by atoms with van der Waals surface area (Å²) in [7, 11) is -4.14. The average molecular weight is 398 g/mol. The van der Waals surface area contributed by atoms with Crippen LogP contribution in [0.2, 0.25) is 0 Å². The molecule has 1 aromatic heterocycles. The standard InChI is InChI=1S/C19H11FN2O5S/c20-14-3-8-17(9-4-14)28(25,26)18(12-21)11-16-7-10-19(27-16)13-1-5-15(6-2-13)22(23)24/h1-11H/b18-11-. The van der Waals surface area contributed by atoms with E-state index in [-0.39, 0.29) is 16.3 Å². The van der Waals surface area contributed by atoms with Crippen LogP contribution >= 0.6 is 0 Å². The number of nitrogens with zero attached hydrogens (tertiary/aromatic N) is 2. The van der Waals surface area contributed by atoms with Crippen molar-refractivity contribution in [2.45, 2.75) is 4.90 Å². The lowest BCUT2D eigenvalue weighted by molar-refractivity contribution is -0.384. The summed E-state index contributed by atoms with van der Waals surface area (Å²) in [5.74, 6) is -0.145. The monoisotopic (exact) mass is 398 g/mol. The Bertz CT molecular complexity index is 1200. The molecule has 7 nitrogen and oxygen atoms in total. The SMILES string of the molecule is N#C/C(=C/c1ccc(-c2ccc([N+](=O)[O-])cc2)o1)S(=O)(=O)c1ccc(F)cc1. The molecule has 0 atom stereocenters. The minimum atomic E-state index is -4.14. The Labute approximate surface area is 159 Å². The van der Waals surface area contributed by atoms with Crippen molar-refractivity contribution in [2.75, 3.05) is 0 Å². The van der Waals surface area contributed by atoms with Crippen LogP contribution in [0.1, 0.15) is 5.76 Å². The number of hydrogen-bond donors (Lipinski definition) is 0. The Morgan fingerprint density at radius 3 is 2.29 bits per heavy atom. The number of hydrogen-bond acceptors (Lipinski definition) is 6. The largest absolute Gasteiger partial charge is 0.457 e. The van der Waals surface area contributed by atoms with Crippen LogP contribution in [0.4, 0.5) is 10.1 Å². The molecule has 0 aliphatic carbocycles. The normalized spacial score (nSPS) is 11.8. The fourth-order valence-electron chi connectivity index (χ4n) is 2.37. The van der Waals surface area contributed by atoms with Gasteiger partial charge in [-0.2, -0.15) is 5.26 Å². The molecule has 0 aliphatic heterocycles. The van der Waals surface area contributed by atoms with Gasteiger partial charge in [0.15, 0.2) is 4.91 Å². The summed E-state index contributed by atoms with van der Waals surface area (Å²) in [5, 5.41) is 20.0. The van der Waals surface area contributed by atoms with Crippen molar-refractivity contribution in [1.29, 1.82) is 5.26 Å². The fourth-order valence-corrected chi connectivity index (χ4v) is 3.51. The zero-order valence-corrected chi connectivity index (χ0v) is 14.9. The maximum absolute atomic E-state index is 13.0. The van der Waals surface area contributed by atoms with Gasteiger partial charge in [0, 0.05) is 23.8 Å². The Kier molecular flexibility index (Phi) is 5.06. The van der Waals surface area contributed by atoms with Gasteiger partial charge in [-0.1, -0.05) is 0 Å². The highest BCUT2D eigenvalue weighted by molar-refractivity contribution is 7.95. The molecule has 3 rings (SSSR count). The van der Waals surface area contributed by atoms with Crippen molar-refractivity contribution < 1.29 is 22.1 Å². The minimum absolute atomic E-state index is 0.0763. The van der Waals surface area contributed by atoms with Crippen LogP contribution in [-0.4, -0.2) is 13.3 Å². The van der Waals surface area contributed by atoms with E-state index in [2.05, 4.69) is 0 Å². The van der Waals surface area contributed by atoms with Crippen LogP contribution in [0.3, 0.4) is 0 Å². The van der Waals surface area contributed by atoms with E-state index in [1.807, 2.05) is 0 Å². The summed E-state index contributed by atoms with van der Waals surface area (Å²) < 4.78 is 43.6. The molecule has 0 radical (unpaired) electrons. The number of nitriles is 1. The topological polar surface area (TPSA) is 114 Å². The Hall–Kier alpha value is -3.77. The van der Waals surface area contributed by atoms with Gasteiger partial charge < -0.3 is 4.42 Å². The first kappa shape index (κ1) is 19.0. The van der Waals surface area contributed by atoms with Gasteiger partial charge >= 0.3 is 0 Å². The van der Waals surface area contributed by atoms with E-state index < -0.39 is 25.5 Å². The molecule has 0 aliphatic rings. The predicted molar refractivity (Wildman–Crippen MR) is 98.0 cm³/mol. The molecule has 0 unspecified atom stereocenters. The molecule has 0 saturated heterocycles. The zero-order valence-electron chi connectivity index (χ0n) is 14.1. The molecule has 28 heavy (non-hydrogen) atoms. The van der Waals surface area contributed by atoms with Gasteiger partial charge in [0.2, 0.25) is 9.84 Å². The molecule has 0 saturated carbocycles. The minimum Gasteiger partial charge on any atom is -0.457 e. The highest BCUT2D eigenvalue weighted by atomic mass is 32.2. The van der Waals surface area contributed by atoms with E-state index in [1.54, 1.807) is 12.1 Å². The van der Waals surface area contributed by atoms with Gasteiger partial charge in [0.1, 0.15) is 23.4 Å². The van der Waals surface area contributed by atoms with Crippen LogP contribution < -0.4 is 0 Å². The maximum Gasteiger partial charge on any atom is 0.269 e. The van der Waals surface area contributed by atoms with Gasteiger partial charge in [0.05, 0.1) is 9.82 Å². The van der Waals surface area contributed by atoms with Crippen LogP contribution in [0.15, 0.2) is 74.9 Å². The molecule has 0 spiro atoms. The van der Waals surface area contributed by atoms with Crippen molar-refractivity contribution >= 4 is 21.6 Å². The fraction of sp³-hybridized carbons (Fsp3) is 0. The lowest BCUT2D eigenvalue weighted by Gasteiger charge is -2.02. The molecule has 1 heterocycles. The number of halogens is 1. The van der Waals surface area contributed by atoms with Gasteiger partial charge in [0.25, 0.3) is 5.69 Å². The van der Waals surface area contributed by atoms with E-state index in [9.17, 15) is 28.2 Å². The zero-order chi connectivity index (χ0) is 20.3. The summed E-state index contributed by atoms with van der Waals surface area (Å²) in [6.07, 6.45) is 1.06. The first-order valence-corrected chi connectivity index (χ1v) is 9.27. The average Bonchev–Trinajstić information content (AvgIpc) is 3.15. The summed E-state index contributed by atoms with van der Waals surface area (Å²) >= 11 is 0. The molecule has 0 bridgehead atoms. The molecule has 0 amide bonds. The van der Waals surface area contributed by atoms with Gasteiger partial charge in [-0.25, -0.2) is 12.8 Å². The van der Waals surface area contributed by atoms with Crippen LogP contribution in [0.5, 0.6) is 0 Å². The van der Waals surface area contributed by atoms with Crippen LogP contribution in [-0.2, 0) is 9.84 Å². The summed E-state index contributed by atoms with van der Waals surface area (Å²) in [6, 6.07) is 14.4. The third-order valence-corrected chi connectivity index (χ3v) is 5.47. The van der Waals surface area contributed by atoms with Crippen molar-refractivity contribution in [3.05, 3.63) is 87.3 Å². The molecule has 9 heteroatoms. The number of allylic oxidation sites excluding steroid dienone is 1. The highest BCUT2D eigenvalue weighted by Gasteiger charge is 2.21. The number of non-ortho nitro benzene ring substituents is 1. The number of benzene rings is 2. The molecule has 0 N–H and O–H groups in total. The Morgan fingerprint density at radius 1 is 1.07 bits per heavy atom. The molecule has 3 aromatic rings. The number of sulfone groups is 1. The third kappa shape index (κ3) is 3.82. The van der Waals surface area contributed by atoms with Crippen LogP contribution in [0, 0.1) is 27.3 Å². The molecule has 140 valence electrons. The summed E-state index contributed by atoms with van der Waals surface area (Å²) in [4.78, 5) is 9.39.